The maximum absolute atomic E-state index is 9.51. The molecular weight excluding hydrogens is 487 g/mol. The fourth-order valence-electron chi connectivity index (χ4n) is 3.81. The van der Waals surface area contributed by atoms with Crippen LogP contribution >= 0.6 is 24.0 Å². The van der Waals surface area contributed by atoms with E-state index in [1.165, 1.54) is 11.1 Å². The Morgan fingerprint density at radius 1 is 1.03 bits per heavy atom. The molecule has 6 heteroatoms. The average Bonchev–Trinajstić information content (AvgIpc) is 2.75. The molecule has 1 aliphatic heterocycles. The molecule has 0 atom stereocenters. The Labute approximate surface area is 198 Å². The van der Waals surface area contributed by atoms with E-state index in [4.69, 9.17) is 4.99 Å². The van der Waals surface area contributed by atoms with E-state index >= 15 is 0 Å². The van der Waals surface area contributed by atoms with Crippen LogP contribution in [0.4, 0.5) is 0 Å². The number of aliphatic imine (C=N–C) groups is 1. The Bertz CT molecular complexity index is 803. The standard InChI is InChI=1S/C24H34N4O.HI/c1-3-25-24(26-16-20-9-6-7-11-22(20)18-29)27-23-12-14-28(15-13-23)17-21-10-5-4-8-19(21)2;/h4-11,23,29H,3,12-18H2,1-2H3,(H2,25,26,27);1H. The first-order chi connectivity index (χ1) is 14.2. The number of hydrogen-bond donors (Lipinski definition) is 3. The summed E-state index contributed by atoms with van der Waals surface area (Å²) in [6.07, 6.45) is 2.23. The molecule has 164 valence electrons. The lowest BCUT2D eigenvalue weighted by atomic mass is 10.0. The molecule has 2 aromatic carbocycles. The number of aryl methyl sites for hydroxylation is 1. The first kappa shape index (κ1) is 24.6. The third kappa shape index (κ3) is 7.25. The van der Waals surface area contributed by atoms with Crippen molar-refractivity contribution >= 4 is 29.9 Å². The normalized spacial score (nSPS) is 15.5. The zero-order valence-corrected chi connectivity index (χ0v) is 20.4. The van der Waals surface area contributed by atoms with Gasteiger partial charge in [-0.15, -0.1) is 24.0 Å². The summed E-state index contributed by atoms with van der Waals surface area (Å²) >= 11 is 0. The molecule has 2 aromatic rings. The Morgan fingerprint density at radius 3 is 2.30 bits per heavy atom. The summed E-state index contributed by atoms with van der Waals surface area (Å²) in [5.41, 5.74) is 4.81. The number of hydrogen-bond acceptors (Lipinski definition) is 3. The first-order valence-electron chi connectivity index (χ1n) is 10.7. The monoisotopic (exact) mass is 522 g/mol. The number of halogens is 1. The molecule has 5 nitrogen and oxygen atoms in total. The minimum Gasteiger partial charge on any atom is -0.392 e. The number of benzene rings is 2. The summed E-state index contributed by atoms with van der Waals surface area (Å²) in [6, 6.07) is 17.0. The smallest absolute Gasteiger partial charge is 0.191 e. The van der Waals surface area contributed by atoms with Crippen LogP contribution in [-0.4, -0.2) is 41.6 Å². The van der Waals surface area contributed by atoms with Gasteiger partial charge in [0.2, 0.25) is 0 Å². The van der Waals surface area contributed by atoms with Crippen LogP contribution < -0.4 is 10.6 Å². The second kappa shape index (κ2) is 12.9. The number of aliphatic hydroxyl groups is 1. The molecule has 3 N–H and O–H groups in total. The summed E-state index contributed by atoms with van der Waals surface area (Å²) in [5, 5.41) is 16.5. The minimum atomic E-state index is 0. The van der Waals surface area contributed by atoms with Crippen molar-refractivity contribution in [3.63, 3.8) is 0 Å². The zero-order valence-electron chi connectivity index (χ0n) is 18.1. The number of guanidine groups is 1. The fraction of sp³-hybridized carbons (Fsp3) is 0.458. The second-order valence-electron chi connectivity index (χ2n) is 7.74. The maximum atomic E-state index is 9.51. The van der Waals surface area contributed by atoms with Gasteiger partial charge in [0.1, 0.15) is 0 Å². The molecule has 1 fully saturated rings. The molecule has 1 heterocycles. The van der Waals surface area contributed by atoms with Crippen molar-refractivity contribution in [3.05, 3.63) is 70.8 Å². The van der Waals surface area contributed by atoms with Crippen LogP contribution in [-0.2, 0) is 19.7 Å². The highest BCUT2D eigenvalue weighted by Crippen LogP contribution is 2.16. The molecule has 0 bridgehead atoms. The van der Waals surface area contributed by atoms with Crippen molar-refractivity contribution in [1.29, 1.82) is 0 Å². The van der Waals surface area contributed by atoms with Gasteiger partial charge >= 0.3 is 0 Å². The lowest BCUT2D eigenvalue weighted by Crippen LogP contribution is -2.48. The van der Waals surface area contributed by atoms with E-state index in [0.717, 1.165) is 56.1 Å². The summed E-state index contributed by atoms with van der Waals surface area (Å²) in [7, 11) is 0. The van der Waals surface area contributed by atoms with Gasteiger partial charge in [0.15, 0.2) is 5.96 Å². The highest BCUT2D eigenvalue weighted by Gasteiger charge is 2.20. The molecule has 3 rings (SSSR count). The minimum absolute atomic E-state index is 0. The van der Waals surface area contributed by atoms with E-state index in [1.807, 2.05) is 24.3 Å². The van der Waals surface area contributed by atoms with E-state index in [9.17, 15) is 5.11 Å². The molecule has 0 amide bonds. The molecule has 0 spiro atoms. The van der Waals surface area contributed by atoms with Gasteiger partial charge in [-0.05, 0) is 48.9 Å². The molecule has 0 saturated carbocycles. The van der Waals surface area contributed by atoms with Crippen LogP contribution in [0, 0.1) is 6.92 Å². The third-order valence-electron chi connectivity index (χ3n) is 5.62. The van der Waals surface area contributed by atoms with E-state index in [0.29, 0.717) is 12.6 Å². The highest BCUT2D eigenvalue weighted by atomic mass is 127. The quantitative estimate of drug-likeness (QED) is 0.294. The summed E-state index contributed by atoms with van der Waals surface area (Å²) in [4.78, 5) is 7.30. The van der Waals surface area contributed by atoms with Gasteiger partial charge < -0.3 is 15.7 Å². The third-order valence-corrected chi connectivity index (χ3v) is 5.62. The van der Waals surface area contributed by atoms with E-state index in [-0.39, 0.29) is 30.6 Å². The van der Waals surface area contributed by atoms with Gasteiger partial charge in [-0.25, -0.2) is 4.99 Å². The largest absolute Gasteiger partial charge is 0.392 e. The van der Waals surface area contributed by atoms with Gasteiger partial charge in [0.25, 0.3) is 0 Å². The van der Waals surface area contributed by atoms with Crippen molar-refractivity contribution in [2.75, 3.05) is 19.6 Å². The molecule has 0 radical (unpaired) electrons. The number of nitrogens with zero attached hydrogens (tertiary/aromatic N) is 2. The lowest BCUT2D eigenvalue weighted by Gasteiger charge is -2.33. The van der Waals surface area contributed by atoms with Gasteiger partial charge in [0.05, 0.1) is 13.2 Å². The number of rotatable bonds is 7. The average molecular weight is 522 g/mol. The van der Waals surface area contributed by atoms with Gasteiger partial charge in [-0.2, -0.15) is 0 Å². The van der Waals surface area contributed by atoms with Crippen LogP contribution in [0.3, 0.4) is 0 Å². The number of nitrogens with one attached hydrogen (secondary N) is 2. The molecule has 0 unspecified atom stereocenters. The predicted octanol–water partition coefficient (Wildman–Crippen LogP) is 3.83. The number of likely N-dealkylation sites (tertiary alicyclic amines) is 1. The highest BCUT2D eigenvalue weighted by molar-refractivity contribution is 14.0. The van der Waals surface area contributed by atoms with Crippen LogP contribution in [0.25, 0.3) is 0 Å². The molecule has 30 heavy (non-hydrogen) atoms. The SMILES string of the molecule is CCNC(=NCc1ccccc1CO)NC1CCN(Cc2ccccc2C)CC1.I. The van der Waals surface area contributed by atoms with Crippen molar-refractivity contribution in [2.24, 2.45) is 4.99 Å². The Hall–Kier alpha value is -1.64. The molecule has 0 aliphatic carbocycles. The van der Waals surface area contributed by atoms with Crippen LogP contribution in [0.5, 0.6) is 0 Å². The second-order valence-corrected chi connectivity index (χ2v) is 7.74. The summed E-state index contributed by atoms with van der Waals surface area (Å²) < 4.78 is 0. The van der Waals surface area contributed by atoms with Crippen molar-refractivity contribution in [1.82, 2.24) is 15.5 Å². The molecule has 0 aromatic heterocycles. The predicted molar refractivity (Wildman–Crippen MR) is 135 cm³/mol. The van der Waals surface area contributed by atoms with Gasteiger partial charge in [-0.3, -0.25) is 4.90 Å². The zero-order chi connectivity index (χ0) is 20.5. The van der Waals surface area contributed by atoms with E-state index < -0.39 is 0 Å². The number of aliphatic hydroxyl groups excluding tert-OH is 1. The first-order valence-corrected chi connectivity index (χ1v) is 10.7. The van der Waals surface area contributed by atoms with Gasteiger partial charge in [-0.1, -0.05) is 48.5 Å². The fourth-order valence-corrected chi connectivity index (χ4v) is 3.81. The number of piperidine rings is 1. The van der Waals surface area contributed by atoms with Gasteiger partial charge in [0, 0.05) is 32.2 Å². The topological polar surface area (TPSA) is 59.9 Å². The van der Waals surface area contributed by atoms with Crippen molar-refractivity contribution in [3.8, 4) is 0 Å². The van der Waals surface area contributed by atoms with Crippen LogP contribution in [0.1, 0.15) is 42.0 Å². The maximum Gasteiger partial charge on any atom is 0.191 e. The van der Waals surface area contributed by atoms with Crippen molar-refractivity contribution < 1.29 is 5.11 Å². The molecular formula is C24H35IN4O. The van der Waals surface area contributed by atoms with Crippen LogP contribution in [0.15, 0.2) is 53.5 Å². The molecule has 1 aliphatic rings. The van der Waals surface area contributed by atoms with Crippen molar-refractivity contribution in [2.45, 2.75) is 52.4 Å². The summed E-state index contributed by atoms with van der Waals surface area (Å²) in [5.74, 6) is 0.859. The summed E-state index contributed by atoms with van der Waals surface area (Å²) in [6.45, 7) is 8.96. The van der Waals surface area contributed by atoms with E-state index in [2.05, 4.69) is 53.6 Å². The molecule has 1 saturated heterocycles. The van der Waals surface area contributed by atoms with E-state index in [1.54, 1.807) is 0 Å². The Morgan fingerprint density at radius 2 is 1.67 bits per heavy atom. The Kier molecular flexibility index (Phi) is 10.6. The lowest BCUT2D eigenvalue weighted by molar-refractivity contribution is 0.198. The van der Waals surface area contributed by atoms with Crippen LogP contribution in [0.2, 0.25) is 0 Å². The Balaban J connectivity index is 0.00000320.